The molecule has 0 bridgehead atoms. The van der Waals surface area contributed by atoms with Crippen molar-refractivity contribution in [3.63, 3.8) is 0 Å². The van der Waals surface area contributed by atoms with Crippen LogP contribution in [0.5, 0.6) is 5.75 Å². The van der Waals surface area contributed by atoms with E-state index in [4.69, 9.17) is 4.74 Å². The van der Waals surface area contributed by atoms with E-state index < -0.39 is 16.3 Å². The Balaban J connectivity index is 2.05. The van der Waals surface area contributed by atoms with Crippen LogP contribution in [-0.2, 0) is 0 Å². The molecule has 150 valence electrons. The molecular formula is C25H17N3O3. The minimum absolute atomic E-state index is 0.0219. The van der Waals surface area contributed by atoms with Gasteiger partial charge in [-0.25, -0.2) is 0 Å². The van der Waals surface area contributed by atoms with Crippen molar-refractivity contribution in [3.8, 4) is 17.9 Å². The van der Waals surface area contributed by atoms with Gasteiger partial charge in [-0.2, -0.15) is 10.5 Å². The number of hydrogen-bond acceptors (Lipinski definition) is 5. The standard InChI is InChI=1S/C25H17N3O3/c1-31-20-13-9-18(10-14-20)24-23(17-7-11-19(12-8-17)28(29)30)21-5-3-2-4-6-22(21)25(24,15-26)16-27/h2-14,22H,1H3. The summed E-state index contributed by atoms with van der Waals surface area (Å²) < 4.78 is 5.25. The van der Waals surface area contributed by atoms with Crippen molar-refractivity contribution < 1.29 is 9.66 Å². The van der Waals surface area contributed by atoms with Crippen molar-refractivity contribution in [1.82, 2.24) is 0 Å². The minimum atomic E-state index is -1.44. The summed E-state index contributed by atoms with van der Waals surface area (Å²) in [4.78, 5) is 10.7. The van der Waals surface area contributed by atoms with E-state index in [9.17, 15) is 20.6 Å². The number of nitro groups is 1. The molecule has 0 fully saturated rings. The normalized spacial score (nSPS) is 18.4. The molecule has 0 aliphatic heterocycles. The monoisotopic (exact) mass is 407 g/mol. The van der Waals surface area contributed by atoms with Gasteiger partial charge in [0.25, 0.3) is 5.69 Å². The number of ether oxygens (including phenoxy) is 1. The van der Waals surface area contributed by atoms with Crippen LogP contribution in [0.25, 0.3) is 11.1 Å². The quantitative estimate of drug-likeness (QED) is 0.510. The number of nitro benzene ring substituents is 1. The van der Waals surface area contributed by atoms with Crippen LogP contribution >= 0.6 is 0 Å². The average molecular weight is 407 g/mol. The molecule has 0 heterocycles. The lowest BCUT2D eigenvalue weighted by Gasteiger charge is -2.23. The van der Waals surface area contributed by atoms with Crippen LogP contribution < -0.4 is 4.74 Å². The Morgan fingerprint density at radius 2 is 1.61 bits per heavy atom. The Bertz CT molecular complexity index is 1240. The summed E-state index contributed by atoms with van der Waals surface area (Å²) in [5.41, 5.74) is 2.13. The highest BCUT2D eigenvalue weighted by Crippen LogP contribution is 2.58. The molecule has 0 aromatic heterocycles. The van der Waals surface area contributed by atoms with Crippen LogP contribution in [0.4, 0.5) is 5.69 Å². The number of hydrogen-bond donors (Lipinski definition) is 0. The molecule has 1 atom stereocenters. The molecule has 2 aliphatic rings. The Kier molecular flexibility index (Phi) is 4.99. The second-order valence-electron chi connectivity index (χ2n) is 7.18. The predicted octanol–water partition coefficient (Wildman–Crippen LogP) is 5.23. The van der Waals surface area contributed by atoms with Crippen LogP contribution in [0.15, 0.2) is 84.5 Å². The molecule has 0 radical (unpaired) electrons. The second-order valence-corrected chi connectivity index (χ2v) is 7.18. The molecule has 0 N–H and O–H groups in total. The highest BCUT2D eigenvalue weighted by Gasteiger charge is 2.52. The third-order valence-electron chi connectivity index (χ3n) is 5.63. The largest absolute Gasteiger partial charge is 0.497 e. The van der Waals surface area contributed by atoms with Gasteiger partial charge in [0.1, 0.15) is 5.75 Å². The van der Waals surface area contributed by atoms with E-state index in [1.54, 1.807) is 31.4 Å². The Hall–Kier alpha value is -4.42. The number of non-ortho nitro benzene ring substituents is 1. The molecule has 0 amide bonds. The molecule has 2 aromatic carbocycles. The number of fused-ring (bicyclic) bond motifs is 1. The van der Waals surface area contributed by atoms with E-state index >= 15 is 0 Å². The van der Waals surface area contributed by atoms with Gasteiger partial charge in [-0.1, -0.05) is 42.5 Å². The Morgan fingerprint density at radius 1 is 0.968 bits per heavy atom. The lowest BCUT2D eigenvalue weighted by molar-refractivity contribution is -0.384. The van der Waals surface area contributed by atoms with Crippen LogP contribution in [0.3, 0.4) is 0 Å². The molecule has 31 heavy (non-hydrogen) atoms. The first-order valence-electron chi connectivity index (χ1n) is 9.57. The molecule has 6 nitrogen and oxygen atoms in total. The lowest BCUT2D eigenvalue weighted by atomic mass is 9.73. The Morgan fingerprint density at radius 3 is 2.19 bits per heavy atom. The average Bonchev–Trinajstić information content (AvgIpc) is 2.92. The number of nitrogens with zero attached hydrogens (tertiary/aromatic N) is 3. The van der Waals surface area contributed by atoms with E-state index in [2.05, 4.69) is 12.1 Å². The molecule has 0 saturated carbocycles. The van der Waals surface area contributed by atoms with E-state index in [-0.39, 0.29) is 5.69 Å². The fourth-order valence-corrected chi connectivity index (χ4v) is 4.19. The molecule has 0 spiro atoms. The maximum atomic E-state index is 11.1. The highest BCUT2D eigenvalue weighted by atomic mass is 16.6. The van der Waals surface area contributed by atoms with Gasteiger partial charge in [-0.15, -0.1) is 0 Å². The topological polar surface area (TPSA) is 99.9 Å². The van der Waals surface area contributed by atoms with Crippen molar-refractivity contribution in [2.24, 2.45) is 11.3 Å². The zero-order valence-electron chi connectivity index (χ0n) is 16.6. The van der Waals surface area contributed by atoms with E-state index in [0.717, 1.165) is 16.7 Å². The number of nitriles is 2. The summed E-state index contributed by atoms with van der Waals surface area (Å²) in [6, 6.07) is 18.0. The molecule has 4 rings (SSSR count). The second kappa shape index (κ2) is 7.78. The fraction of sp³-hybridized carbons (Fsp3) is 0.120. The molecule has 1 unspecified atom stereocenters. The number of methoxy groups -OCH3 is 1. The third-order valence-corrected chi connectivity index (χ3v) is 5.63. The van der Waals surface area contributed by atoms with Crippen LogP contribution in [0.1, 0.15) is 11.1 Å². The van der Waals surface area contributed by atoms with Crippen molar-refractivity contribution in [1.29, 1.82) is 10.5 Å². The first-order chi connectivity index (χ1) is 15.1. The molecule has 6 heteroatoms. The van der Waals surface area contributed by atoms with Crippen LogP contribution in [-0.4, -0.2) is 12.0 Å². The number of benzene rings is 2. The molecular weight excluding hydrogens is 390 g/mol. The molecule has 0 saturated heterocycles. The number of rotatable bonds is 4. The Labute approximate surface area is 179 Å². The number of allylic oxidation sites excluding steroid dienone is 8. The van der Waals surface area contributed by atoms with E-state index in [1.807, 2.05) is 42.5 Å². The van der Waals surface area contributed by atoms with Gasteiger partial charge in [-0.3, -0.25) is 10.1 Å². The third kappa shape index (κ3) is 3.11. The van der Waals surface area contributed by atoms with Crippen molar-refractivity contribution >= 4 is 16.8 Å². The highest BCUT2D eigenvalue weighted by molar-refractivity contribution is 6.07. The summed E-state index contributed by atoms with van der Waals surface area (Å²) >= 11 is 0. The summed E-state index contributed by atoms with van der Waals surface area (Å²) in [6.07, 6.45) is 9.33. The lowest BCUT2D eigenvalue weighted by Crippen LogP contribution is -2.24. The summed E-state index contributed by atoms with van der Waals surface area (Å²) in [6.45, 7) is 0. The van der Waals surface area contributed by atoms with Gasteiger partial charge in [0.05, 0.1) is 24.2 Å². The van der Waals surface area contributed by atoms with E-state index in [0.29, 0.717) is 16.9 Å². The maximum Gasteiger partial charge on any atom is 0.269 e. The van der Waals surface area contributed by atoms with Gasteiger partial charge in [0.15, 0.2) is 5.41 Å². The minimum Gasteiger partial charge on any atom is -0.497 e. The van der Waals surface area contributed by atoms with Crippen LogP contribution in [0, 0.1) is 44.1 Å². The van der Waals surface area contributed by atoms with Crippen molar-refractivity contribution in [2.45, 2.75) is 0 Å². The van der Waals surface area contributed by atoms with Gasteiger partial charge < -0.3 is 4.74 Å². The van der Waals surface area contributed by atoms with Gasteiger partial charge in [0, 0.05) is 23.6 Å². The summed E-state index contributed by atoms with van der Waals surface area (Å²) in [7, 11) is 1.57. The van der Waals surface area contributed by atoms with Crippen molar-refractivity contribution in [3.05, 3.63) is 106 Å². The van der Waals surface area contributed by atoms with Gasteiger partial charge >= 0.3 is 0 Å². The fourth-order valence-electron chi connectivity index (χ4n) is 4.19. The van der Waals surface area contributed by atoms with Gasteiger partial charge in [0.2, 0.25) is 0 Å². The maximum absolute atomic E-state index is 11.1. The summed E-state index contributed by atoms with van der Waals surface area (Å²) in [5.74, 6) is 0.190. The zero-order chi connectivity index (χ0) is 22.0. The van der Waals surface area contributed by atoms with E-state index in [1.165, 1.54) is 12.1 Å². The molecule has 2 aromatic rings. The molecule has 2 aliphatic carbocycles. The smallest absolute Gasteiger partial charge is 0.269 e. The first-order valence-corrected chi connectivity index (χ1v) is 9.57. The zero-order valence-corrected chi connectivity index (χ0v) is 16.6. The SMILES string of the molecule is COc1ccc(C2=C(c3ccc([N+](=O)[O-])cc3)C3=CC=CC=CC3C2(C#N)C#N)cc1. The van der Waals surface area contributed by atoms with Crippen LogP contribution in [0.2, 0.25) is 0 Å². The first kappa shape index (κ1) is 19.9. The van der Waals surface area contributed by atoms with Crippen molar-refractivity contribution in [2.75, 3.05) is 7.11 Å². The summed E-state index contributed by atoms with van der Waals surface area (Å²) in [5, 5.41) is 31.6. The predicted molar refractivity (Wildman–Crippen MR) is 116 cm³/mol. The van der Waals surface area contributed by atoms with Gasteiger partial charge in [-0.05, 0) is 46.5 Å².